The monoisotopic (exact) mass is 454 g/mol. The molecule has 0 aliphatic carbocycles. The van der Waals surface area contributed by atoms with Crippen molar-refractivity contribution in [1.82, 2.24) is 9.80 Å². The summed E-state index contributed by atoms with van der Waals surface area (Å²) in [6.45, 7) is 4.17. The number of carbonyl (C=O) groups excluding carboxylic acids is 1. The number of benzene rings is 2. The van der Waals surface area contributed by atoms with Gasteiger partial charge in [0.05, 0.1) is 14.2 Å². The highest BCUT2D eigenvalue weighted by atomic mass is 35.5. The van der Waals surface area contributed by atoms with E-state index in [4.69, 9.17) is 25.8 Å². The van der Waals surface area contributed by atoms with Gasteiger partial charge in [-0.15, -0.1) is 0 Å². The van der Waals surface area contributed by atoms with Gasteiger partial charge in [0.15, 0.2) is 0 Å². The van der Waals surface area contributed by atoms with Crippen LogP contribution in [0, 0.1) is 0 Å². The molecule has 2 aliphatic heterocycles. The second-order valence-corrected chi connectivity index (χ2v) is 8.24. The third-order valence-corrected chi connectivity index (χ3v) is 5.95. The molecule has 0 unspecified atom stereocenters. The summed E-state index contributed by atoms with van der Waals surface area (Å²) in [5.41, 5.74) is 2.95. The molecule has 0 spiro atoms. The van der Waals surface area contributed by atoms with E-state index >= 15 is 0 Å². The number of halogens is 1. The molecule has 168 valence electrons. The number of hydrogen-bond acceptors (Lipinski definition) is 5. The minimum atomic E-state index is 0.0152. The fraction of sp³-hybridized carbons (Fsp3) is 0.320. The number of fused-ring (bicyclic) bond motifs is 1. The Kier molecular flexibility index (Phi) is 7.02. The number of carbonyl (C=O) groups is 1. The van der Waals surface area contributed by atoms with Crippen molar-refractivity contribution in [1.29, 1.82) is 0 Å². The predicted octanol–water partition coefficient (Wildman–Crippen LogP) is 4.03. The first-order chi connectivity index (χ1) is 15.6. The number of amides is 1. The minimum Gasteiger partial charge on any atom is -0.497 e. The first-order valence-electron chi connectivity index (χ1n) is 10.6. The van der Waals surface area contributed by atoms with Crippen molar-refractivity contribution in [2.75, 3.05) is 47.0 Å². The van der Waals surface area contributed by atoms with Gasteiger partial charge in [-0.3, -0.25) is 9.69 Å². The molecule has 2 aromatic carbocycles. The molecule has 1 amide bonds. The molecule has 32 heavy (non-hydrogen) atoms. The summed E-state index contributed by atoms with van der Waals surface area (Å²) in [4.78, 5) is 16.9. The molecular weight excluding hydrogens is 428 g/mol. The quantitative estimate of drug-likeness (QED) is 0.617. The Hall–Kier alpha value is -2.96. The first-order valence-corrected chi connectivity index (χ1v) is 11.0. The standard InChI is InChI=1S/C25H27ClN2O4/c1-30-22-5-7-23(31-2)20(15-22)16-27-9-11-28(12-10-27)25(29)8-3-18-13-19-14-21(26)4-6-24(19)32-17-18/h3-8,13-15H,9-12,16-17H2,1-2H3/b8-3+. The molecule has 0 aromatic heterocycles. The van der Waals surface area contributed by atoms with Crippen molar-refractivity contribution in [2.24, 2.45) is 0 Å². The fourth-order valence-electron chi connectivity index (χ4n) is 3.92. The Balaban J connectivity index is 1.32. The normalized spacial score (nSPS) is 16.3. The van der Waals surface area contributed by atoms with Crippen molar-refractivity contribution >= 4 is 23.6 Å². The summed E-state index contributed by atoms with van der Waals surface area (Å²) in [5.74, 6) is 2.48. The van der Waals surface area contributed by atoms with Crippen molar-refractivity contribution in [3.63, 3.8) is 0 Å². The molecule has 4 rings (SSSR count). The molecule has 1 saturated heterocycles. The van der Waals surface area contributed by atoms with Gasteiger partial charge >= 0.3 is 0 Å². The minimum absolute atomic E-state index is 0.0152. The lowest BCUT2D eigenvalue weighted by molar-refractivity contribution is -0.127. The van der Waals surface area contributed by atoms with Gasteiger partial charge in [0.25, 0.3) is 0 Å². The maximum absolute atomic E-state index is 12.7. The lowest BCUT2D eigenvalue weighted by Crippen LogP contribution is -2.47. The van der Waals surface area contributed by atoms with Crippen LogP contribution in [-0.4, -0.2) is 62.7 Å². The Labute approximate surface area is 193 Å². The molecular formula is C25H27ClN2O4. The van der Waals surface area contributed by atoms with Crippen LogP contribution in [0.3, 0.4) is 0 Å². The van der Waals surface area contributed by atoms with Crippen LogP contribution in [0.2, 0.25) is 5.02 Å². The van der Waals surface area contributed by atoms with Gasteiger partial charge in [0.1, 0.15) is 23.9 Å². The van der Waals surface area contributed by atoms with Crippen LogP contribution in [-0.2, 0) is 11.3 Å². The van der Waals surface area contributed by atoms with Crippen molar-refractivity contribution in [3.05, 3.63) is 70.3 Å². The highest BCUT2D eigenvalue weighted by Crippen LogP contribution is 2.29. The Morgan fingerprint density at radius 2 is 1.91 bits per heavy atom. The SMILES string of the molecule is COc1ccc(OC)c(CN2CCN(C(=O)/C=C/C3=Cc4cc(Cl)ccc4OC3)CC2)c1. The van der Waals surface area contributed by atoms with Crippen LogP contribution in [0.25, 0.3) is 6.08 Å². The van der Waals surface area contributed by atoms with Crippen LogP contribution in [0.5, 0.6) is 17.2 Å². The Bertz CT molecular complexity index is 1040. The highest BCUT2D eigenvalue weighted by Gasteiger charge is 2.21. The van der Waals surface area contributed by atoms with Crippen molar-refractivity contribution < 1.29 is 19.0 Å². The summed E-state index contributed by atoms with van der Waals surface area (Å²) in [5, 5.41) is 0.661. The van der Waals surface area contributed by atoms with E-state index in [0.29, 0.717) is 24.7 Å². The van der Waals surface area contributed by atoms with Crippen molar-refractivity contribution in [2.45, 2.75) is 6.54 Å². The number of piperazine rings is 1. The van der Waals surface area contributed by atoms with Crippen LogP contribution >= 0.6 is 11.6 Å². The van der Waals surface area contributed by atoms with E-state index in [2.05, 4.69) is 4.90 Å². The summed E-state index contributed by atoms with van der Waals surface area (Å²) in [6.07, 6.45) is 5.47. The fourth-order valence-corrected chi connectivity index (χ4v) is 4.10. The molecule has 0 N–H and O–H groups in total. The summed E-state index contributed by atoms with van der Waals surface area (Å²) in [6, 6.07) is 11.4. The van der Waals surface area contributed by atoms with E-state index < -0.39 is 0 Å². The molecule has 0 atom stereocenters. The topological polar surface area (TPSA) is 51.2 Å². The van der Waals surface area contributed by atoms with E-state index in [1.807, 2.05) is 53.5 Å². The molecule has 0 radical (unpaired) electrons. The Morgan fingerprint density at radius 3 is 2.66 bits per heavy atom. The molecule has 2 heterocycles. The van der Waals surface area contributed by atoms with Gasteiger partial charge in [-0.25, -0.2) is 0 Å². The summed E-state index contributed by atoms with van der Waals surface area (Å²) < 4.78 is 16.6. The van der Waals surface area contributed by atoms with Gasteiger partial charge in [0, 0.05) is 54.9 Å². The smallest absolute Gasteiger partial charge is 0.246 e. The molecule has 6 nitrogen and oxygen atoms in total. The van der Waals surface area contributed by atoms with E-state index in [1.165, 1.54) is 0 Å². The zero-order chi connectivity index (χ0) is 22.5. The Morgan fingerprint density at radius 1 is 1.09 bits per heavy atom. The van der Waals surface area contributed by atoms with Crippen LogP contribution in [0.15, 0.2) is 54.1 Å². The number of methoxy groups -OCH3 is 2. The molecule has 1 fully saturated rings. The average Bonchev–Trinajstić information content (AvgIpc) is 2.82. The third-order valence-electron chi connectivity index (χ3n) is 5.71. The van der Waals surface area contributed by atoms with Crippen LogP contribution < -0.4 is 14.2 Å². The lowest BCUT2D eigenvalue weighted by Gasteiger charge is -2.34. The first kappa shape index (κ1) is 22.2. The molecule has 0 bridgehead atoms. The average molecular weight is 455 g/mol. The van der Waals surface area contributed by atoms with E-state index in [-0.39, 0.29) is 5.91 Å². The van der Waals surface area contributed by atoms with Gasteiger partial charge in [-0.05, 0) is 48.0 Å². The maximum Gasteiger partial charge on any atom is 0.246 e. The zero-order valence-corrected chi connectivity index (χ0v) is 19.1. The molecule has 2 aliphatic rings. The third kappa shape index (κ3) is 5.26. The van der Waals surface area contributed by atoms with Gasteiger partial charge < -0.3 is 19.1 Å². The zero-order valence-electron chi connectivity index (χ0n) is 18.3. The highest BCUT2D eigenvalue weighted by molar-refractivity contribution is 6.30. The van der Waals surface area contributed by atoms with Crippen molar-refractivity contribution in [3.8, 4) is 17.2 Å². The molecule has 2 aromatic rings. The second-order valence-electron chi connectivity index (χ2n) is 7.80. The van der Waals surface area contributed by atoms with Crippen LogP contribution in [0.4, 0.5) is 0 Å². The largest absolute Gasteiger partial charge is 0.497 e. The van der Waals surface area contributed by atoms with E-state index in [0.717, 1.165) is 53.6 Å². The number of nitrogens with zero attached hydrogens (tertiary/aromatic N) is 2. The maximum atomic E-state index is 12.7. The number of hydrogen-bond donors (Lipinski definition) is 0. The molecule has 0 saturated carbocycles. The van der Waals surface area contributed by atoms with Crippen LogP contribution in [0.1, 0.15) is 11.1 Å². The van der Waals surface area contributed by atoms with Gasteiger partial charge in [-0.2, -0.15) is 0 Å². The van der Waals surface area contributed by atoms with E-state index in [1.54, 1.807) is 20.3 Å². The number of rotatable bonds is 6. The lowest BCUT2D eigenvalue weighted by atomic mass is 10.1. The summed E-state index contributed by atoms with van der Waals surface area (Å²) in [7, 11) is 3.33. The van der Waals surface area contributed by atoms with Gasteiger partial charge in [-0.1, -0.05) is 17.7 Å². The van der Waals surface area contributed by atoms with E-state index in [9.17, 15) is 4.79 Å². The second kappa shape index (κ2) is 10.1. The molecule has 7 heteroatoms. The number of ether oxygens (including phenoxy) is 3. The summed E-state index contributed by atoms with van der Waals surface area (Å²) >= 11 is 6.07. The predicted molar refractivity (Wildman–Crippen MR) is 125 cm³/mol. The van der Waals surface area contributed by atoms with Gasteiger partial charge in [0.2, 0.25) is 5.91 Å².